The summed E-state index contributed by atoms with van der Waals surface area (Å²) < 4.78 is 66.3. The molecule has 2 atom stereocenters. The number of likely N-dealkylation sites (N-methyl/N-ethyl adjacent to an activating group) is 1. The lowest BCUT2D eigenvalue weighted by Crippen LogP contribution is -2.37. The summed E-state index contributed by atoms with van der Waals surface area (Å²) in [5.41, 5.74) is 9.34. The number of nitrogens with zero attached hydrogens (tertiary/aromatic N) is 5. The molecule has 0 saturated heterocycles. The minimum atomic E-state index is -3.28. The zero-order valence-corrected chi connectivity index (χ0v) is 35.1. The molecule has 0 radical (unpaired) electrons. The third kappa shape index (κ3) is 8.62. The number of fused-ring (bicyclic) bond motifs is 2. The number of rotatable bonds is 10. The van der Waals surface area contributed by atoms with Crippen molar-refractivity contribution in [3.63, 3.8) is 0 Å². The SMILES string of the molecule is COc1ccccc1-n1nc2c(c1-c1ccc(Cl)cc1)CC(N(C)S(C)(=O)=O)C2.COc1ccccc1-n1nc2c(c1-c1ccc(Cl)cc1)CC(NS(C)(=O)=O)C2. The molecule has 4 aromatic carbocycles. The number of ether oxygens (including phenoxy) is 2. The molecule has 2 heterocycles. The van der Waals surface area contributed by atoms with Crippen LogP contribution in [0.1, 0.15) is 22.5 Å². The summed E-state index contributed by atoms with van der Waals surface area (Å²) in [6.45, 7) is 0. The molecule has 0 aliphatic heterocycles. The van der Waals surface area contributed by atoms with Crippen molar-refractivity contribution in [1.82, 2.24) is 28.6 Å². The number of para-hydroxylation sites is 4. The van der Waals surface area contributed by atoms with Crippen molar-refractivity contribution in [2.24, 2.45) is 0 Å². The van der Waals surface area contributed by atoms with Crippen LogP contribution >= 0.6 is 23.2 Å². The molecule has 6 aromatic rings. The van der Waals surface area contributed by atoms with E-state index in [4.69, 9.17) is 42.9 Å². The smallest absolute Gasteiger partial charge is 0.211 e. The average molecular weight is 850 g/mol. The number of benzene rings is 4. The van der Waals surface area contributed by atoms with Crippen LogP contribution in [0, 0.1) is 0 Å². The van der Waals surface area contributed by atoms with Gasteiger partial charge in [-0.1, -0.05) is 71.7 Å². The zero-order chi connectivity index (χ0) is 40.6. The summed E-state index contributed by atoms with van der Waals surface area (Å²) in [5.74, 6) is 1.43. The van der Waals surface area contributed by atoms with Crippen molar-refractivity contribution >= 4 is 43.2 Å². The maximum absolute atomic E-state index is 12.0. The van der Waals surface area contributed by atoms with Gasteiger partial charge in [0.1, 0.15) is 22.9 Å². The van der Waals surface area contributed by atoms with E-state index in [1.54, 1.807) is 21.3 Å². The Kier molecular flexibility index (Phi) is 11.6. The van der Waals surface area contributed by atoms with Crippen molar-refractivity contribution < 1.29 is 26.3 Å². The van der Waals surface area contributed by atoms with E-state index in [1.807, 2.05) is 106 Å². The summed E-state index contributed by atoms with van der Waals surface area (Å²) in [7, 11) is -1.67. The fraction of sp³-hybridized carbons (Fsp3) is 0.268. The standard InChI is InChI=1S/C21H22ClN3O3S.C20H20ClN3O3S/c1-24(29(3,26)27)16-12-17-18(13-16)23-25(19-6-4-5-7-20(19)28-2)21(17)14-8-10-15(22)11-9-14;1-27-19-6-4-3-5-18(19)24-20(13-7-9-14(21)10-8-13)16-11-15(12-17(16)22-24)23-28(2,25)26/h4-11,16H,12-13H2,1-3H3;3-10,15,23H,11-12H2,1-2H3. The number of halogens is 2. The molecule has 16 heteroatoms. The lowest BCUT2D eigenvalue weighted by atomic mass is 10.1. The van der Waals surface area contributed by atoms with Crippen LogP contribution in [0.15, 0.2) is 97.1 Å². The van der Waals surface area contributed by atoms with Gasteiger partial charge < -0.3 is 9.47 Å². The molecule has 8 rings (SSSR count). The van der Waals surface area contributed by atoms with Gasteiger partial charge in [-0.05, 0) is 61.4 Å². The van der Waals surface area contributed by atoms with Crippen LogP contribution in [0.25, 0.3) is 33.9 Å². The van der Waals surface area contributed by atoms with Gasteiger partial charge >= 0.3 is 0 Å². The molecule has 2 aliphatic rings. The van der Waals surface area contributed by atoms with Gasteiger partial charge in [0.15, 0.2) is 0 Å². The highest BCUT2D eigenvalue weighted by Crippen LogP contribution is 2.39. The van der Waals surface area contributed by atoms with Gasteiger partial charge in [0.05, 0.1) is 49.5 Å². The summed E-state index contributed by atoms with van der Waals surface area (Å²) in [4.78, 5) is 0. The maximum Gasteiger partial charge on any atom is 0.211 e. The van der Waals surface area contributed by atoms with Crippen molar-refractivity contribution in [3.05, 3.63) is 130 Å². The Hall–Kier alpha value is -4.70. The van der Waals surface area contributed by atoms with E-state index >= 15 is 0 Å². The van der Waals surface area contributed by atoms with E-state index in [1.165, 1.54) is 16.8 Å². The summed E-state index contributed by atoms with van der Waals surface area (Å²) >= 11 is 12.2. The highest BCUT2D eigenvalue weighted by atomic mass is 35.5. The minimum Gasteiger partial charge on any atom is -0.494 e. The lowest BCUT2D eigenvalue weighted by molar-refractivity contribution is 0.378. The topological polar surface area (TPSA) is 138 Å². The Morgan fingerprint density at radius 2 is 1.09 bits per heavy atom. The number of nitrogens with one attached hydrogen (secondary N) is 1. The Morgan fingerprint density at radius 3 is 1.53 bits per heavy atom. The monoisotopic (exact) mass is 848 g/mol. The first kappa shape index (κ1) is 40.5. The second-order valence-electron chi connectivity index (χ2n) is 14.1. The zero-order valence-electron chi connectivity index (χ0n) is 32.0. The summed E-state index contributed by atoms with van der Waals surface area (Å²) in [6.07, 6.45) is 4.71. The Balaban J connectivity index is 0.000000174. The number of hydrogen-bond donors (Lipinski definition) is 1. The second kappa shape index (κ2) is 16.3. The molecule has 1 N–H and O–H groups in total. The highest BCUT2D eigenvalue weighted by molar-refractivity contribution is 7.88. The Morgan fingerprint density at radius 1 is 0.649 bits per heavy atom. The molecule has 2 aromatic heterocycles. The molecule has 0 bridgehead atoms. The van der Waals surface area contributed by atoms with E-state index in [0.29, 0.717) is 47.2 Å². The van der Waals surface area contributed by atoms with Crippen molar-refractivity contribution in [1.29, 1.82) is 0 Å². The largest absolute Gasteiger partial charge is 0.494 e. The predicted octanol–water partition coefficient (Wildman–Crippen LogP) is 6.78. The number of aromatic nitrogens is 4. The van der Waals surface area contributed by atoms with Crippen LogP contribution in [0.3, 0.4) is 0 Å². The van der Waals surface area contributed by atoms with Gasteiger partial charge in [-0.15, -0.1) is 0 Å². The molecular formula is C41H42Cl2N6O6S2. The van der Waals surface area contributed by atoms with Crippen LogP contribution in [0.2, 0.25) is 10.0 Å². The third-order valence-electron chi connectivity index (χ3n) is 10.2. The summed E-state index contributed by atoms with van der Waals surface area (Å²) in [5, 5.41) is 11.0. The first-order valence-corrected chi connectivity index (χ1v) is 22.5. The first-order chi connectivity index (χ1) is 27.1. The predicted molar refractivity (Wildman–Crippen MR) is 224 cm³/mol. The summed E-state index contributed by atoms with van der Waals surface area (Å²) in [6, 6.07) is 30.2. The number of sulfonamides is 2. The van der Waals surface area contributed by atoms with Crippen molar-refractivity contribution in [3.8, 4) is 45.4 Å². The Labute approximate surface area is 343 Å². The molecule has 2 unspecified atom stereocenters. The van der Waals surface area contributed by atoms with E-state index in [-0.39, 0.29) is 12.1 Å². The molecular weight excluding hydrogens is 808 g/mol. The fourth-order valence-corrected chi connectivity index (χ4v) is 9.23. The van der Waals surface area contributed by atoms with E-state index in [9.17, 15) is 16.8 Å². The number of hydrogen-bond acceptors (Lipinski definition) is 8. The molecule has 0 spiro atoms. The van der Waals surface area contributed by atoms with E-state index < -0.39 is 20.0 Å². The first-order valence-electron chi connectivity index (χ1n) is 18.1. The molecule has 12 nitrogen and oxygen atoms in total. The molecule has 0 saturated carbocycles. The second-order valence-corrected chi connectivity index (χ2v) is 18.8. The molecule has 0 amide bonds. The van der Waals surface area contributed by atoms with Crippen LogP contribution in [0.4, 0.5) is 0 Å². The normalized spacial score (nSPS) is 16.2. The van der Waals surface area contributed by atoms with Gasteiger partial charge in [0.25, 0.3) is 0 Å². The van der Waals surface area contributed by atoms with Gasteiger partial charge in [-0.25, -0.2) is 35.2 Å². The average Bonchev–Trinajstić information content (AvgIpc) is 3.94. The Bertz CT molecular complexity index is 2650. The minimum absolute atomic E-state index is 0.138. The van der Waals surface area contributed by atoms with Crippen LogP contribution < -0.4 is 14.2 Å². The van der Waals surface area contributed by atoms with Gasteiger partial charge in [-0.3, -0.25) is 0 Å². The van der Waals surface area contributed by atoms with Crippen molar-refractivity contribution in [2.75, 3.05) is 33.8 Å². The molecule has 298 valence electrons. The third-order valence-corrected chi connectivity index (χ3v) is 12.8. The quantitative estimate of drug-likeness (QED) is 0.159. The molecule has 57 heavy (non-hydrogen) atoms. The van der Waals surface area contributed by atoms with E-state index in [0.717, 1.165) is 56.4 Å². The van der Waals surface area contributed by atoms with Gasteiger partial charge in [0, 0.05) is 64.3 Å². The van der Waals surface area contributed by atoms with E-state index in [2.05, 4.69) is 4.72 Å². The lowest BCUT2D eigenvalue weighted by Gasteiger charge is -2.22. The molecule has 0 fully saturated rings. The number of methoxy groups -OCH3 is 2. The fourth-order valence-electron chi connectivity index (χ4n) is 7.51. The van der Waals surface area contributed by atoms with Gasteiger partial charge in [0.2, 0.25) is 20.0 Å². The highest BCUT2D eigenvalue weighted by Gasteiger charge is 2.36. The van der Waals surface area contributed by atoms with Crippen LogP contribution in [-0.2, 0) is 45.7 Å². The van der Waals surface area contributed by atoms with Crippen LogP contribution in [0.5, 0.6) is 11.5 Å². The van der Waals surface area contributed by atoms with Crippen molar-refractivity contribution in [2.45, 2.75) is 37.8 Å². The van der Waals surface area contributed by atoms with Crippen LogP contribution in [-0.4, -0.2) is 86.6 Å². The maximum atomic E-state index is 12.0. The van der Waals surface area contributed by atoms with Gasteiger partial charge in [-0.2, -0.15) is 10.2 Å². The molecule has 2 aliphatic carbocycles.